The fourth-order valence-electron chi connectivity index (χ4n) is 1.84. The highest BCUT2D eigenvalue weighted by Crippen LogP contribution is 2.31. The summed E-state index contributed by atoms with van der Waals surface area (Å²) in [6.45, 7) is 0. The highest BCUT2D eigenvalue weighted by Gasteiger charge is 2.36. The second-order valence-electron chi connectivity index (χ2n) is 4.42. The molecule has 0 atom stereocenters. The van der Waals surface area contributed by atoms with Gasteiger partial charge in [-0.05, 0) is 11.6 Å². The number of thiophene rings is 1. The van der Waals surface area contributed by atoms with Crippen molar-refractivity contribution in [1.82, 2.24) is 4.98 Å². The van der Waals surface area contributed by atoms with Crippen molar-refractivity contribution in [2.75, 3.05) is 0 Å². The lowest BCUT2D eigenvalue weighted by atomic mass is 10.1. The Kier molecular flexibility index (Phi) is 3.58. The first-order valence-electron chi connectivity index (χ1n) is 6.17. The molecule has 3 rings (SSSR count). The lowest BCUT2D eigenvalue weighted by molar-refractivity contribution is -0.153. The molecule has 2 aromatic heterocycles. The lowest BCUT2D eigenvalue weighted by Gasteiger charge is -1.99. The van der Waals surface area contributed by atoms with E-state index in [9.17, 15) is 18.0 Å². The first-order valence-corrected chi connectivity index (χ1v) is 7.05. The van der Waals surface area contributed by atoms with E-state index in [4.69, 9.17) is 0 Å². The number of ketones is 1. The van der Waals surface area contributed by atoms with Crippen molar-refractivity contribution in [2.24, 2.45) is 0 Å². The molecule has 0 radical (unpaired) electrons. The Labute approximate surface area is 127 Å². The summed E-state index contributed by atoms with van der Waals surface area (Å²) in [5, 5.41) is 1.57. The van der Waals surface area contributed by atoms with Gasteiger partial charge in [-0.2, -0.15) is 13.2 Å². The van der Waals surface area contributed by atoms with Crippen molar-refractivity contribution in [3.05, 3.63) is 65.2 Å². The summed E-state index contributed by atoms with van der Waals surface area (Å²) in [5.41, 5.74) is 1.18. The highest BCUT2D eigenvalue weighted by atomic mass is 32.1. The van der Waals surface area contributed by atoms with E-state index < -0.39 is 23.6 Å². The Hall–Kier alpha value is -2.41. The molecule has 0 N–H and O–H groups in total. The standard InChI is InChI=1S/C15H8F3NO2S/c16-15(17,18)12-7-19-14(21-12)13(20)10-6-11(22-8-10)9-4-2-1-3-5-9/h1-8H. The minimum absolute atomic E-state index is 0.249. The zero-order chi connectivity index (χ0) is 15.7. The van der Waals surface area contributed by atoms with E-state index in [1.807, 2.05) is 30.3 Å². The van der Waals surface area contributed by atoms with Gasteiger partial charge in [0.25, 0.3) is 5.89 Å². The van der Waals surface area contributed by atoms with Gasteiger partial charge in [0.05, 0.1) is 6.20 Å². The van der Waals surface area contributed by atoms with Gasteiger partial charge < -0.3 is 4.42 Å². The monoisotopic (exact) mass is 323 g/mol. The summed E-state index contributed by atoms with van der Waals surface area (Å²) in [4.78, 5) is 16.4. The summed E-state index contributed by atoms with van der Waals surface area (Å²) in [5.74, 6) is -2.52. The maximum Gasteiger partial charge on any atom is 0.451 e. The zero-order valence-electron chi connectivity index (χ0n) is 10.9. The summed E-state index contributed by atoms with van der Waals surface area (Å²) >= 11 is 1.33. The van der Waals surface area contributed by atoms with Gasteiger partial charge in [-0.3, -0.25) is 4.79 Å². The molecule has 7 heteroatoms. The highest BCUT2D eigenvalue weighted by molar-refractivity contribution is 7.13. The Morgan fingerprint density at radius 2 is 1.91 bits per heavy atom. The van der Waals surface area contributed by atoms with E-state index >= 15 is 0 Å². The molecule has 3 nitrogen and oxygen atoms in total. The van der Waals surface area contributed by atoms with Crippen LogP contribution in [0.2, 0.25) is 0 Å². The summed E-state index contributed by atoms with van der Waals surface area (Å²) in [7, 11) is 0. The van der Waals surface area contributed by atoms with E-state index in [1.165, 1.54) is 11.3 Å². The van der Waals surface area contributed by atoms with Gasteiger partial charge in [-0.15, -0.1) is 11.3 Å². The minimum Gasteiger partial charge on any atom is -0.429 e. The second kappa shape index (κ2) is 5.42. The number of benzene rings is 1. The number of oxazole rings is 1. The molecule has 0 bridgehead atoms. The predicted octanol–water partition coefficient (Wildman–Crippen LogP) is 4.65. The van der Waals surface area contributed by atoms with Gasteiger partial charge in [-0.1, -0.05) is 30.3 Å². The largest absolute Gasteiger partial charge is 0.451 e. The molecular formula is C15H8F3NO2S. The molecule has 0 saturated carbocycles. The Morgan fingerprint density at radius 1 is 1.18 bits per heavy atom. The van der Waals surface area contributed by atoms with E-state index in [2.05, 4.69) is 9.40 Å². The van der Waals surface area contributed by atoms with Crippen molar-refractivity contribution in [3.63, 3.8) is 0 Å². The molecule has 0 fully saturated rings. The molecule has 0 aliphatic carbocycles. The van der Waals surface area contributed by atoms with Gasteiger partial charge in [0.15, 0.2) is 0 Å². The number of nitrogens with zero attached hydrogens (tertiary/aromatic N) is 1. The molecule has 112 valence electrons. The Morgan fingerprint density at radius 3 is 2.55 bits per heavy atom. The number of hydrogen-bond donors (Lipinski definition) is 0. The van der Waals surface area contributed by atoms with Crippen LogP contribution in [0, 0.1) is 0 Å². The average molecular weight is 323 g/mol. The van der Waals surface area contributed by atoms with Gasteiger partial charge in [0.1, 0.15) is 0 Å². The van der Waals surface area contributed by atoms with Gasteiger partial charge in [0, 0.05) is 15.8 Å². The molecule has 3 aromatic rings. The summed E-state index contributed by atoms with van der Waals surface area (Å²) in [6.07, 6.45) is -4.15. The lowest BCUT2D eigenvalue weighted by Crippen LogP contribution is -2.03. The number of rotatable bonds is 3. The molecule has 0 aliphatic rings. The molecule has 0 spiro atoms. The normalized spacial score (nSPS) is 11.6. The predicted molar refractivity (Wildman–Crippen MR) is 74.7 cm³/mol. The SMILES string of the molecule is O=C(c1csc(-c2ccccc2)c1)c1ncc(C(F)(F)F)o1. The van der Waals surface area contributed by atoms with E-state index in [0.29, 0.717) is 6.20 Å². The first kappa shape index (κ1) is 14.5. The van der Waals surface area contributed by atoms with Crippen LogP contribution in [0.25, 0.3) is 10.4 Å². The fraction of sp³-hybridized carbons (Fsp3) is 0.0667. The number of halogens is 3. The van der Waals surface area contributed by atoms with Crippen LogP contribution in [0.5, 0.6) is 0 Å². The topological polar surface area (TPSA) is 43.1 Å². The molecule has 1 aromatic carbocycles. The quantitative estimate of drug-likeness (QED) is 0.659. The molecule has 0 amide bonds. The third-order valence-corrected chi connectivity index (χ3v) is 3.88. The van der Waals surface area contributed by atoms with Crippen LogP contribution >= 0.6 is 11.3 Å². The summed E-state index contributed by atoms with van der Waals surface area (Å²) < 4.78 is 41.8. The molecule has 2 heterocycles. The van der Waals surface area contributed by atoms with Gasteiger partial charge in [-0.25, -0.2) is 4.98 Å². The number of carbonyl (C=O) groups is 1. The van der Waals surface area contributed by atoms with Crippen molar-refractivity contribution in [2.45, 2.75) is 6.18 Å². The van der Waals surface area contributed by atoms with Crippen molar-refractivity contribution < 1.29 is 22.4 Å². The molecular weight excluding hydrogens is 315 g/mol. The third-order valence-electron chi connectivity index (χ3n) is 2.90. The Balaban J connectivity index is 1.87. The van der Waals surface area contributed by atoms with E-state index in [1.54, 1.807) is 11.4 Å². The van der Waals surface area contributed by atoms with Crippen LogP contribution in [-0.4, -0.2) is 10.8 Å². The van der Waals surface area contributed by atoms with Crippen molar-refractivity contribution >= 4 is 17.1 Å². The van der Waals surface area contributed by atoms with E-state index in [0.717, 1.165) is 10.4 Å². The minimum atomic E-state index is -4.66. The Bertz CT molecular complexity index is 806. The number of alkyl halides is 3. The van der Waals surface area contributed by atoms with Crippen LogP contribution in [-0.2, 0) is 6.18 Å². The van der Waals surface area contributed by atoms with Gasteiger partial charge in [0.2, 0.25) is 11.5 Å². The molecule has 0 aliphatic heterocycles. The molecule has 0 unspecified atom stereocenters. The average Bonchev–Trinajstić information content (AvgIpc) is 3.16. The first-order chi connectivity index (χ1) is 10.4. The van der Waals surface area contributed by atoms with Crippen molar-refractivity contribution in [3.8, 4) is 10.4 Å². The van der Waals surface area contributed by atoms with Crippen LogP contribution in [0.3, 0.4) is 0 Å². The van der Waals surface area contributed by atoms with Gasteiger partial charge >= 0.3 is 6.18 Å². The molecule has 22 heavy (non-hydrogen) atoms. The van der Waals surface area contributed by atoms with Crippen LogP contribution < -0.4 is 0 Å². The van der Waals surface area contributed by atoms with Crippen LogP contribution in [0.15, 0.2) is 52.4 Å². The van der Waals surface area contributed by atoms with Crippen LogP contribution in [0.1, 0.15) is 22.0 Å². The number of hydrogen-bond acceptors (Lipinski definition) is 4. The van der Waals surface area contributed by atoms with Crippen LogP contribution in [0.4, 0.5) is 13.2 Å². The zero-order valence-corrected chi connectivity index (χ0v) is 11.7. The maximum absolute atomic E-state index is 12.4. The smallest absolute Gasteiger partial charge is 0.429 e. The van der Waals surface area contributed by atoms with E-state index in [-0.39, 0.29) is 5.56 Å². The van der Waals surface area contributed by atoms with Crippen molar-refractivity contribution in [1.29, 1.82) is 0 Å². The molecule has 0 saturated heterocycles. The summed E-state index contributed by atoms with van der Waals surface area (Å²) in [6, 6.07) is 11.0. The number of aromatic nitrogens is 1. The number of carbonyl (C=O) groups excluding carboxylic acids is 1. The third kappa shape index (κ3) is 2.80. The second-order valence-corrected chi connectivity index (χ2v) is 5.33. The maximum atomic E-state index is 12.4. The fourth-order valence-corrected chi connectivity index (χ4v) is 2.74.